The average molecular weight is 323 g/mol. The third-order valence-corrected chi connectivity index (χ3v) is 4.15. The summed E-state index contributed by atoms with van der Waals surface area (Å²) in [4.78, 5) is 25.5. The summed E-state index contributed by atoms with van der Waals surface area (Å²) in [6, 6.07) is 6.03. The summed E-state index contributed by atoms with van der Waals surface area (Å²) in [6.45, 7) is 1.47. The molecule has 0 aromatic heterocycles. The Morgan fingerprint density at radius 2 is 2.11 bits per heavy atom. The molecule has 100 valence electrons. The zero-order valence-corrected chi connectivity index (χ0v) is 12.1. The molecule has 1 aliphatic carbocycles. The molecule has 1 amide bonds. The number of hydrogen-bond donors (Lipinski definition) is 1. The van der Waals surface area contributed by atoms with E-state index in [1.54, 1.807) is 17.0 Å². The first-order valence-corrected chi connectivity index (χ1v) is 7.36. The number of benzene rings is 1. The molecule has 1 aliphatic heterocycles. The topological polar surface area (TPSA) is 49.4 Å². The van der Waals surface area contributed by atoms with Crippen LogP contribution in [0.15, 0.2) is 22.7 Å². The van der Waals surface area contributed by atoms with E-state index in [4.69, 9.17) is 0 Å². The highest BCUT2D eigenvalue weighted by Gasteiger charge is 2.36. The van der Waals surface area contributed by atoms with Gasteiger partial charge in [-0.3, -0.25) is 9.59 Å². The Hall–Kier alpha value is -1.20. The van der Waals surface area contributed by atoms with Crippen LogP contribution < -0.4 is 10.2 Å². The molecule has 19 heavy (non-hydrogen) atoms. The molecule has 0 saturated heterocycles. The number of carbonyl (C=O) groups is 2. The van der Waals surface area contributed by atoms with Crippen LogP contribution >= 0.6 is 15.9 Å². The number of fused-ring (bicyclic) bond motifs is 1. The van der Waals surface area contributed by atoms with E-state index < -0.39 is 11.7 Å². The molecule has 1 fully saturated rings. The minimum absolute atomic E-state index is 0.397. The molecule has 0 spiro atoms. The van der Waals surface area contributed by atoms with Gasteiger partial charge in [-0.05, 0) is 53.9 Å². The van der Waals surface area contributed by atoms with Crippen molar-refractivity contribution in [3.8, 4) is 0 Å². The fraction of sp³-hybridized carbons (Fsp3) is 0.429. The SMILES string of the molecule is O=C1C(=O)N(CCCNC2CC2)c2c(Br)cccc21. The average Bonchev–Trinajstić information content (AvgIpc) is 3.18. The normalized spacial score (nSPS) is 18.1. The number of amides is 1. The maximum absolute atomic E-state index is 12.0. The monoisotopic (exact) mass is 322 g/mol. The van der Waals surface area contributed by atoms with Gasteiger partial charge in [-0.25, -0.2) is 0 Å². The predicted octanol–water partition coefficient (Wildman–Crippen LogP) is 2.12. The molecular formula is C14H15BrN2O2. The minimum Gasteiger partial charge on any atom is -0.314 e. The molecule has 1 aromatic carbocycles. The maximum atomic E-state index is 12.0. The van der Waals surface area contributed by atoms with Crippen LogP contribution in [0.4, 0.5) is 5.69 Å². The van der Waals surface area contributed by atoms with Gasteiger partial charge in [0.1, 0.15) is 0 Å². The van der Waals surface area contributed by atoms with Gasteiger partial charge in [0, 0.05) is 17.1 Å². The van der Waals surface area contributed by atoms with Crippen molar-refractivity contribution >= 4 is 33.3 Å². The Balaban J connectivity index is 1.70. The summed E-state index contributed by atoms with van der Waals surface area (Å²) in [5.74, 6) is -0.806. The molecule has 1 heterocycles. The standard InChI is InChI=1S/C14H15BrN2O2/c15-11-4-1-3-10-12(11)17(14(19)13(10)18)8-2-7-16-9-5-6-9/h1,3-4,9,16H,2,5-8H2. The number of rotatable bonds is 5. The maximum Gasteiger partial charge on any atom is 0.299 e. The van der Waals surface area contributed by atoms with E-state index >= 15 is 0 Å². The van der Waals surface area contributed by atoms with Crippen LogP contribution in [0.3, 0.4) is 0 Å². The number of Topliss-reactive ketones (excluding diaryl/α,β-unsaturated/α-hetero) is 1. The highest BCUT2D eigenvalue weighted by atomic mass is 79.9. The minimum atomic E-state index is -0.409. The summed E-state index contributed by atoms with van der Waals surface area (Å²) in [6.07, 6.45) is 3.38. The van der Waals surface area contributed by atoms with Crippen LogP contribution in [-0.2, 0) is 4.79 Å². The number of hydrogen-bond acceptors (Lipinski definition) is 3. The van der Waals surface area contributed by atoms with Crippen molar-refractivity contribution in [3.05, 3.63) is 28.2 Å². The quantitative estimate of drug-likeness (QED) is 0.667. The number of ketones is 1. The second-order valence-electron chi connectivity index (χ2n) is 5.00. The number of nitrogens with zero attached hydrogens (tertiary/aromatic N) is 1. The van der Waals surface area contributed by atoms with Crippen molar-refractivity contribution in [2.75, 3.05) is 18.0 Å². The first-order chi connectivity index (χ1) is 9.18. The van der Waals surface area contributed by atoms with Gasteiger partial charge in [0.05, 0.1) is 11.3 Å². The zero-order valence-electron chi connectivity index (χ0n) is 10.5. The van der Waals surface area contributed by atoms with Crippen LogP contribution in [0, 0.1) is 0 Å². The van der Waals surface area contributed by atoms with Crippen molar-refractivity contribution in [2.45, 2.75) is 25.3 Å². The lowest BCUT2D eigenvalue weighted by Crippen LogP contribution is -2.32. The molecule has 3 rings (SSSR count). The van der Waals surface area contributed by atoms with E-state index in [0.29, 0.717) is 18.2 Å². The van der Waals surface area contributed by atoms with Gasteiger partial charge in [0.25, 0.3) is 11.7 Å². The summed E-state index contributed by atoms with van der Waals surface area (Å²) in [7, 11) is 0. The molecule has 2 aliphatic rings. The van der Waals surface area contributed by atoms with Crippen molar-refractivity contribution in [3.63, 3.8) is 0 Å². The van der Waals surface area contributed by atoms with E-state index in [1.165, 1.54) is 12.8 Å². The molecule has 0 bridgehead atoms. The van der Waals surface area contributed by atoms with Crippen molar-refractivity contribution < 1.29 is 9.59 Å². The van der Waals surface area contributed by atoms with Crippen LogP contribution in [0.1, 0.15) is 29.6 Å². The van der Waals surface area contributed by atoms with Crippen LogP contribution in [0.25, 0.3) is 0 Å². The Bertz CT molecular complexity index is 540. The number of para-hydroxylation sites is 1. The van der Waals surface area contributed by atoms with E-state index in [0.717, 1.165) is 23.1 Å². The summed E-state index contributed by atoms with van der Waals surface area (Å²) < 4.78 is 0.805. The number of anilines is 1. The first-order valence-electron chi connectivity index (χ1n) is 6.56. The highest BCUT2D eigenvalue weighted by Crippen LogP contribution is 2.35. The van der Waals surface area contributed by atoms with E-state index in [-0.39, 0.29) is 0 Å². The second kappa shape index (κ2) is 5.06. The predicted molar refractivity (Wildman–Crippen MR) is 76.5 cm³/mol. The van der Waals surface area contributed by atoms with Gasteiger partial charge < -0.3 is 10.2 Å². The second-order valence-corrected chi connectivity index (χ2v) is 5.86. The van der Waals surface area contributed by atoms with Crippen LogP contribution in [0.5, 0.6) is 0 Å². The van der Waals surface area contributed by atoms with Gasteiger partial charge in [-0.1, -0.05) is 6.07 Å². The molecule has 0 unspecified atom stereocenters. The first kappa shape index (κ1) is 12.8. The van der Waals surface area contributed by atoms with Crippen molar-refractivity contribution in [1.82, 2.24) is 5.32 Å². The largest absolute Gasteiger partial charge is 0.314 e. The fourth-order valence-corrected chi connectivity index (χ4v) is 2.94. The van der Waals surface area contributed by atoms with Crippen molar-refractivity contribution in [1.29, 1.82) is 0 Å². The molecule has 0 radical (unpaired) electrons. The molecule has 5 heteroatoms. The van der Waals surface area contributed by atoms with Gasteiger partial charge in [-0.2, -0.15) is 0 Å². The molecule has 1 aromatic rings. The highest BCUT2D eigenvalue weighted by molar-refractivity contribution is 9.10. The lowest BCUT2D eigenvalue weighted by Gasteiger charge is -2.17. The summed E-state index contributed by atoms with van der Waals surface area (Å²) in [5.41, 5.74) is 1.23. The third kappa shape index (κ3) is 2.44. The van der Waals surface area contributed by atoms with Gasteiger partial charge >= 0.3 is 0 Å². The Morgan fingerprint density at radius 3 is 2.84 bits per heavy atom. The number of halogens is 1. The lowest BCUT2D eigenvalue weighted by molar-refractivity contribution is -0.114. The van der Waals surface area contributed by atoms with E-state index in [1.807, 2.05) is 6.07 Å². The Morgan fingerprint density at radius 1 is 1.32 bits per heavy atom. The molecule has 1 N–H and O–H groups in total. The van der Waals surface area contributed by atoms with Crippen molar-refractivity contribution in [2.24, 2.45) is 0 Å². The number of carbonyl (C=O) groups excluding carboxylic acids is 2. The lowest BCUT2D eigenvalue weighted by atomic mass is 10.1. The van der Waals surface area contributed by atoms with E-state index in [9.17, 15) is 9.59 Å². The fourth-order valence-electron chi connectivity index (χ4n) is 2.36. The smallest absolute Gasteiger partial charge is 0.299 e. The molecule has 1 saturated carbocycles. The Kier molecular flexibility index (Phi) is 3.41. The number of nitrogens with one attached hydrogen (secondary N) is 1. The Labute approximate surface area is 120 Å². The van der Waals surface area contributed by atoms with E-state index in [2.05, 4.69) is 21.2 Å². The third-order valence-electron chi connectivity index (χ3n) is 3.51. The molecule has 0 atom stereocenters. The van der Waals surface area contributed by atoms with Gasteiger partial charge in [0.2, 0.25) is 0 Å². The zero-order chi connectivity index (χ0) is 13.4. The van der Waals surface area contributed by atoms with Gasteiger partial charge in [0.15, 0.2) is 0 Å². The summed E-state index contributed by atoms with van der Waals surface area (Å²) in [5, 5.41) is 3.41. The van der Waals surface area contributed by atoms with Gasteiger partial charge in [-0.15, -0.1) is 0 Å². The molecule has 4 nitrogen and oxygen atoms in total. The molecular weight excluding hydrogens is 308 g/mol. The summed E-state index contributed by atoms with van der Waals surface area (Å²) >= 11 is 3.42. The van der Waals surface area contributed by atoms with Crippen LogP contribution in [0.2, 0.25) is 0 Å². The van der Waals surface area contributed by atoms with Crippen LogP contribution in [-0.4, -0.2) is 30.8 Å².